The van der Waals surface area contributed by atoms with Crippen molar-refractivity contribution >= 4 is 11.7 Å². The summed E-state index contributed by atoms with van der Waals surface area (Å²) in [5.74, 6) is 19.5. The topological polar surface area (TPSA) is 75.4 Å². The summed E-state index contributed by atoms with van der Waals surface area (Å²) in [4.78, 5) is 27.7. The Morgan fingerprint density at radius 2 is 1.71 bits per heavy atom. The molecular formula is C29H29N3O2. The first-order chi connectivity index (χ1) is 16.5. The Morgan fingerprint density at radius 1 is 1.06 bits per heavy atom. The minimum absolute atomic E-state index is 0.0763. The van der Waals surface area contributed by atoms with E-state index in [1.807, 2.05) is 38.1 Å². The maximum Gasteiger partial charge on any atom is 0.240 e. The van der Waals surface area contributed by atoms with Crippen LogP contribution in [0.15, 0.2) is 24.3 Å². The molecule has 1 aliphatic rings. The minimum atomic E-state index is -0.638. The first-order valence-corrected chi connectivity index (χ1v) is 11.3. The van der Waals surface area contributed by atoms with Gasteiger partial charge in [-0.25, -0.2) is 0 Å². The van der Waals surface area contributed by atoms with E-state index < -0.39 is 12.1 Å². The van der Waals surface area contributed by atoms with E-state index in [9.17, 15) is 9.59 Å². The Kier molecular flexibility index (Phi) is 10.9. The molecule has 1 heterocycles. The Labute approximate surface area is 203 Å². The lowest BCUT2D eigenvalue weighted by Gasteiger charge is -2.38. The van der Waals surface area contributed by atoms with Gasteiger partial charge in [-0.1, -0.05) is 38.1 Å². The van der Waals surface area contributed by atoms with Crippen molar-refractivity contribution in [2.24, 2.45) is 11.7 Å². The van der Waals surface area contributed by atoms with Gasteiger partial charge in [0.05, 0.1) is 12.1 Å². The molecule has 0 unspecified atom stereocenters. The standard InChI is InChI=1S/C29H29N3O2/c1-4-5-6-7-8-9-10-14-19-31-20-15-13-18-26(30)29(34)32-22-25-17-12-11-16-24(25)21-27(32)28(33)23(2)3/h1,11-12,16-17,23,26-27,31H,13,15,18,20-22,30H2,2-3H3/t26-,27-/m1/s1. The highest BCUT2D eigenvalue weighted by Gasteiger charge is 2.36. The van der Waals surface area contributed by atoms with E-state index in [1.54, 1.807) is 4.90 Å². The summed E-state index contributed by atoms with van der Waals surface area (Å²) >= 11 is 0. The van der Waals surface area contributed by atoms with Gasteiger partial charge in [-0.3, -0.25) is 9.59 Å². The van der Waals surface area contributed by atoms with Gasteiger partial charge in [-0.2, -0.15) is 0 Å². The summed E-state index contributed by atoms with van der Waals surface area (Å²) in [6.45, 7) is 4.82. The van der Waals surface area contributed by atoms with Crippen molar-refractivity contribution in [3.8, 4) is 59.8 Å². The predicted octanol–water partition coefficient (Wildman–Crippen LogP) is 1.86. The molecule has 5 nitrogen and oxygen atoms in total. The van der Waals surface area contributed by atoms with E-state index in [2.05, 4.69) is 58.7 Å². The largest absolute Gasteiger partial charge is 0.345 e. The fraction of sp³-hybridized carbons (Fsp3) is 0.379. The number of nitrogens with zero attached hydrogens (tertiary/aromatic N) is 1. The number of terminal acetylenes is 1. The number of amides is 1. The number of rotatable bonds is 8. The Morgan fingerprint density at radius 3 is 2.38 bits per heavy atom. The normalized spacial score (nSPS) is 14.2. The zero-order chi connectivity index (χ0) is 24.8. The van der Waals surface area contributed by atoms with Gasteiger partial charge in [0.15, 0.2) is 5.78 Å². The molecule has 1 aromatic carbocycles. The van der Waals surface area contributed by atoms with Crippen molar-refractivity contribution in [3.63, 3.8) is 0 Å². The third-order valence-corrected chi connectivity index (χ3v) is 5.41. The van der Waals surface area contributed by atoms with Crippen LogP contribution in [0.2, 0.25) is 0 Å². The number of carbonyl (C=O) groups excluding carboxylic acids is 2. The molecule has 0 bridgehead atoms. The van der Waals surface area contributed by atoms with Crippen LogP contribution < -0.4 is 11.1 Å². The van der Waals surface area contributed by atoms with Gasteiger partial charge >= 0.3 is 0 Å². The zero-order valence-electron chi connectivity index (χ0n) is 19.7. The molecule has 0 saturated heterocycles. The van der Waals surface area contributed by atoms with Gasteiger partial charge in [0.25, 0.3) is 0 Å². The molecule has 0 radical (unpaired) electrons. The van der Waals surface area contributed by atoms with E-state index >= 15 is 0 Å². The number of hydrogen-bond acceptors (Lipinski definition) is 4. The summed E-state index contributed by atoms with van der Waals surface area (Å²) < 4.78 is 0. The molecule has 0 fully saturated rings. The number of unbranched alkanes of at least 4 members (excludes halogenated alkanes) is 1. The van der Waals surface area contributed by atoms with Crippen LogP contribution in [0, 0.1) is 65.7 Å². The van der Waals surface area contributed by atoms with Crippen molar-refractivity contribution in [2.45, 2.75) is 58.2 Å². The van der Waals surface area contributed by atoms with Crippen LogP contribution in [0.5, 0.6) is 0 Å². The first kappa shape index (κ1) is 26.2. The number of nitrogens with two attached hydrogens (primary N) is 1. The molecule has 5 heteroatoms. The molecule has 0 aliphatic carbocycles. The van der Waals surface area contributed by atoms with E-state index in [-0.39, 0.29) is 17.6 Å². The number of carbonyl (C=O) groups is 2. The van der Waals surface area contributed by atoms with Crippen LogP contribution in [-0.4, -0.2) is 35.2 Å². The lowest BCUT2D eigenvalue weighted by Crippen LogP contribution is -2.54. The van der Waals surface area contributed by atoms with E-state index in [4.69, 9.17) is 12.2 Å². The second kappa shape index (κ2) is 14.1. The lowest BCUT2D eigenvalue weighted by molar-refractivity contribution is -0.143. The fourth-order valence-electron chi connectivity index (χ4n) is 3.64. The quantitative estimate of drug-likeness (QED) is 0.359. The molecule has 2 atom stereocenters. The lowest BCUT2D eigenvalue weighted by atomic mass is 9.87. The number of ketones is 1. The molecule has 0 saturated carbocycles. The van der Waals surface area contributed by atoms with E-state index in [0.29, 0.717) is 25.9 Å². The fourth-order valence-corrected chi connectivity index (χ4v) is 3.64. The third-order valence-electron chi connectivity index (χ3n) is 5.41. The summed E-state index contributed by atoms with van der Waals surface area (Å²) in [6.07, 6.45) is 7.63. The summed E-state index contributed by atoms with van der Waals surface area (Å²) in [6, 6.07) is 9.60. The summed E-state index contributed by atoms with van der Waals surface area (Å²) in [5.41, 5.74) is 8.45. The van der Waals surface area contributed by atoms with Crippen LogP contribution in [0.3, 0.4) is 0 Å². The molecular weight excluding hydrogens is 422 g/mol. The van der Waals surface area contributed by atoms with Crippen LogP contribution in [0.1, 0.15) is 44.2 Å². The van der Waals surface area contributed by atoms with Gasteiger partial charge in [0, 0.05) is 55.2 Å². The van der Waals surface area contributed by atoms with E-state index in [0.717, 1.165) is 24.0 Å². The van der Waals surface area contributed by atoms with Crippen LogP contribution >= 0.6 is 0 Å². The molecule has 0 spiro atoms. The highest BCUT2D eigenvalue weighted by Crippen LogP contribution is 2.26. The number of nitrogens with one attached hydrogen (secondary N) is 1. The molecule has 1 amide bonds. The molecule has 0 aromatic heterocycles. The van der Waals surface area contributed by atoms with Gasteiger partial charge < -0.3 is 16.0 Å². The molecule has 1 aliphatic heterocycles. The summed E-state index contributed by atoms with van der Waals surface area (Å²) in [5, 5.41) is 2.96. The smallest absolute Gasteiger partial charge is 0.240 e. The third kappa shape index (κ3) is 8.12. The maximum absolute atomic E-state index is 13.2. The number of benzene rings is 1. The van der Waals surface area contributed by atoms with Crippen molar-refractivity contribution in [2.75, 3.05) is 6.54 Å². The van der Waals surface area contributed by atoms with Crippen LogP contribution in [0.4, 0.5) is 0 Å². The number of Topliss-reactive ketones (excluding diaryl/α,β-unsaturated/α-hetero) is 1. The van der Waals surface area contributed by atoms with Crippen molar-refractivity contribution in [3.05, 3.63) is 35.4 Å². The van der Waals surface area contributed by atoms with Crippen molar-refractivity contribution in [1.29, 1.82) is 0 Å². The maximum atomic E-state index is 13.2. The molecule has 3 N–H and O–H groups in total. The first-order valence-electron chi connectivity index (χ1n) is 11.3. The monoisotopic (exact) mass is 451 g/mol. The minimum Gasteiger partial charge on any atom is -0.345 e. The predicted molar refractivity (Wildman–Crippen MR) is 134 cm³/mol. The second-order valence-electron chi connectivity index (χ2n) is 8.19. The van der Waals surface area contributed by atoms with Crippen molar-refractivity contribution < 1.29 is 9.59 Å². The highest BCUT2D eigenvalue weighted by atomic mass is 16.2. The zero-order valence-corrected chi connectivity index (χ0v) is 19.7. The van der Waals surface area contributed by atoms with Crippen LogP contribution in [0.25, 0.3) is 0 Å². The Hall–Kier alpha value is -4.08. The number of hydrogen-bond donors (Lipinski definition) is 2. The number of fused-ring (bicyclic) bond motifs is 1. The average Bonchev–Trinajstić information content (AvgIpc) is 2.84. The SMILES string of the molecule is C#CC#CC#CC#CC#CNCCCC[C@@H](N)C(=O)N1Cc2ccccc2C[C@@H]1C(=O)C(C)C. The summed E-state index contributed by atoms with van der Waals surface area (Å²) in [7, 11) is 0. The van der Waals surface area contributed by atoms with Gasteiger partial charge in [0.2, 0.25) is 5.91 Å². The van der Waals surface area contributed by atoms with Gasteiger partial charge in [-0.05, 0) is 54.1 Å². The molecule has 2 rings (SSSR count). The Balaban J connectivity index is 1.83. The highest BCUT2D eigenvalue weighted by molar-refractivity contribution is 5.92. The average molecular weight is 452 g/mol. The Bertz CT molecular complexity index is 1180. The van der Waals surface area contributed by atoms with Crippen LogP contribution in [-0.2, 0) is 22.6 Å². The van der Waals surface area contributed by atoms with E-state index in [1.165, 1.54) is 0 Å². The van der Waals surface area contributed by atoms with Gasteiger partial charge in [-0.15, -0.1) is 6.42 Å². The molecule has 172 valence electrons. The molecule has 34 heavy (non-hydrogen) atoms. The van der Waals surface area contributed by atoms with Gasteiger partial charge in [0.1, 0.15) is 0 Å². The van der Waals surface area contributed by atoms with Crippen molar-refractivity contribution in [1.82, 2.24) is 10.2 Å². The molecule has 1 aromatic rings. The second-order valence-corrected chi connectivity index (χ2v) is 8.19.